The van der Waals surface area contributed by atoms with Gasteiger partial charge in [0.05, 0.1) is 22.3 Å². The highest BCUT2D eigenvalue weighted by atomic mass is 16.4. The number of nitrogens with zero attached hydrogens (tertiary/aromatic N) is 4. The number of pyridine rings is 2. The summed E-state index contributed by atoms with van der Waals surface area (Å²) in [6.45, 7) is 0. The van der Waals surface area contributed by atoms with Crippen molar-refractivity contribution in [3.8, 4) is 22.6 Å². The molecule has 1 fully saturated rings. The zero-order valence-electron chi connectivity index (χ0n) is 18.7. The van der Waals surface area contributed by atoms with Crippen molar-refractivity contribution >= 4 is 28.0 Å². The first kappa shape index (κ1) is 20.5. The van der Waals surface area contributed by atoms with Gasteiger partial charge in [-0.05, 0) is 49.2 Å². The lowest BCUT2D eigenvalue weighted by Crippen LogP contribution is -2.14. The first-order valence-electron chi connectivity index (χ1n) is 11.8. The number of hydrogen-bond donors (Lipinski definition) is 1. The maximum Gasteiger partial charge on any atom is 0.335 e. The van der Waals surface area contributed by atoms with Gasteiger partial charge in [0.25, 0.3) is 0 Å². The fourth-order valence-corrected chi connectivity index (χ4v) is 5.05. The maximum atomic E-state index is 11.5. The minimum absolute atomic E-state index is 0.252. The van der Waals surface area contributed by atoms with Crippen LogP contribution in [0.15, 0.2) is 72.9 Å². The Kier molecular flexibility index (Phi) is 5.06. The van der Waals surface area contributed by atoms with Gasteiger partial charge in [0.15, 0.2) is 5.65 Å². The lowest BCUT2D eigenvalue weighted by Gasteiger charge is -2.25. The van der Waals surface area contributed by atoms with Crippen LogP contribution in [0.25, 0.3) is 44.7 Å². The van der Waals surface area contributed by atoms with Gasteiger partial charge in [-0.15, -0.1) is 0 Å². The Morgan fingerprint density at radius 1 is 0.882 bits per heavy atom. The molecule has 1 aliphatic rings. The number of benzene rings is 2. The van der Waals surface area contributed by atoms with Crippen molar-refractivity contribution in [2.45, 2.75) is 38.1 Å². The highest BCUT2D eigenvalue weighted by Gasteiger charge is 2.23. The third-order valence-electron chi connectivity index (χ3n) is 6.75. The SMILES string of the molecule is O=C(O)c1ccc2c(c1)nc(-c1cnc3nc(-c4ccccc4)ccc3c1)n2C1CCCCC1. The van der Waals surface area contributed by atoms with E-state index in [1.54, 1.807) is 12.1 Å². The molecule has 0 unspecified atom stereocenters. The van der Waals surface area contributed by atoms with Crippen LogP contribution in [0.4, 0.5) is 0 Å². The second kappa shape index (κ2) is 8.37. The zero-order chi connectivity index (χ0) is 23.1. The standard InChI is InChI=1S/C28H24N4O2/c33-28(34)20-12-14-25-24(16-20)31-27(32(25)22-9-5-2-6-10-22)21-15-19-11-13-23(30-26(19)29-17-21)18-7-3-1-4-8-18/h1,3-4,7-8,11-17,22H,2,5-6,9-10H2,(H,33,34). The fraction of sp³-hybridized carbons (Fsp3) is 0.214. The first-order chi connectivity index (χ1) is 16.7. The van der Waals surface area contributed by atoms with Crippen LogP contribution in [-0.4, -0.2) is 30.6 Å². The van der Waals surface area contributed by atoms with Gasteiger partial charge in [0, 0.05) is 28.8 Å². The molecule has 0 saturated heterocycles. The summed E-state index contributed by atoms with van der Waals surface area (Å²) in [6.07, 6.45) is 7.68. The van der Waals surface area contributed by atoms with Crippen LogP contribution in [0.5, 0.6) is 0 Å². The Hall–Kier alpha value is -4.06. The van der Waals surface area contributed by atoms with Gasteiger partial charge in [0.2, 0.25) is 0 Å². The third kappa shape index (κ3) is 3.61. The maximum absolute atomic E-state index is 11.5. The summed E-state index contributed by atoms with van der Waals surface area (Å²) in [5.41, 5.74) is 5.50. The summed E-state index contributed by atoms with van der Waals surface area (Å²) in [4.78, 5) is 25.9. The molecule has 168 valence electrons. The smallest absolute Gasteiger partial charge is 0.335 e. The van der Waals surface area contributed by atoms with E-state index in [4.69, 9.17) is 9.97 Å². The zero-order valence-corrected chi connectivity index (χ0v) is 18.7. The van der Waals surface area contributed by atoms with Crippen LogP contribution in [0.2, 0.25) is 0 Å². The van der Waals surface area contributed by atoms with E-state index in [-0.39, 0.29) is 5.56 Å². The van der Waals surface area contributed by atoms with Crippen LogP contribution in [0, 0.1) is 0 Å². The number of hydrogen-bond acceptors (Lipinski definition) is 4. The number of rotatable bonds is 4. The van der Waals surface area contributed by atoms with E-state index in [2.05, 4.69) is 21.7 Å². The second-order valence-electron chi connectivity index (χ2n) is 8.94. The van der Waals surface area contributed by atoms with Gasteiger partial charge < -0.3 is 9.67 Å². The molecule has 1 saturated carbocycles. The molecule has 3 aromatic heterocycles. The number of carboxylic acids is 1. The Balaban J connectivity index is 1.48. The monoisotopic (exact) mass is 448 g/mol. The van der Waals surface area contributed by atoms with Gasteiger partial charge in [-0.3, -0.25) is 0 Å². The number of carboxylic acid groups (broad SMARTS) is 1. The average molecular weight is 449 g/mol. The molecule has 0 atom stereocenters. The summed E-state index contributed by atoms with van der Waals surface area (Å²) < 4.78 is 2.30. The number of carbonyl (C=O) groups is 1. The summed E-state index contributed by atoms with van der Waals surface area (Å²) >= 11 is 0. The molecule has 0 amide bonds. The van der Waals surface area contributed by atoms with E-state index < -0.39 is 5.97 Å². The minimum atomic E-state index is -0.941. The molecule has 6 nitrogen and oxygen atoms in total. The molecule has 0 spiro atoms. The molecule has 0 radical (unpaired) electrons. The van der Waals surface area contributed by atoms with E-state index in [0.29, 0.717) is 17.2 Å². The van der Waals surface area contributed by atoms with E-state index in [0.717, 1.165) is 46.4 Å². The quantitative estimate of drug-likeness (QED) is 0.339. The molecule has 3 heterocycles. The van der Waals surface area contributed by atoms with Gasteiger partial charge >= 0.3 is 5.97 Å². The molecular formula is C28H24N4O2. The van der Waals surface area contributed by atoms with Crippen LogP contribution in [0.3, 0.4) is 0 Å². The lowest BCUT2D eigenvalue weighted by molar-refractivity contribution is 0.0697. The van der Waals surface area contributed by atoms with Gasteiger partial charge in [-0.25, -0.2) is 19.7 Å². The number of fused-ring (bicyclic) bond motifs is 2. The Morgan fingerprint density at radius 3 is 2.50 bits per heavy atom. The minimum Gasteiger partial charge on any atom is -0.478 e. The molecular weight excluding hydrogens is 424 g/mol. The highest BCUT2D eigenvalue weighted by Crippen LogP contribution is 2.36. The van der Waals surface area contributed by atoms with Crippen molar-refractivity contribution in [3.63, 3.8) is 0 Å². The van der Waals surface area contributed by atoms with E-state index in [1.807, 2.05) is 48.7 Å². The van der Waals surface area contributed by atoms with E-state index in [1.165, 1.54) is 19.3 Å². The molecule has 1 aliphatic carbocycles. The van der Waals surface area contributed by atoms with Crippen molar-refractivity contribution in [2.75, 3.05) is 0 Å². The molecule has 0 aliphatic heterocycles. The van der Waals surface area contributed by atoms with Crippen molar-refractivity contribution < 1.29 is 9.90 Å². The molecule has 5 aromatic rings. The predicted octanol–water partition coefficient (Wildman–Crippen LogP) is 6.52. The molecule has 2 aromatic carbocycles. The third-order valence-corrected chi connectivity index (χ3v) is 6.75. The summed E-state index contributed by atoms with van der Waals surface area (Å²) in [7, 11) is 0. The largest absolute Gasteiger partial charge is 0.478 e. The molecule has 1 N–H and O–H groups in total. The molecule has 6 rings (SSSR count). The number of aromatic carboxylic acids is 1. The summed E-state index contributed by atoms with van der Waals surface area (Å²) in [5.74, 6) is -0.102. The van der Waals surface area contributed by atoms with Crippen LogP contribution in [-0.2, 0) is 0 Å². The Bertz CT molecular complexity index is 1520. The van der Waals surface area contributed by atoms with Gasteiger partial charge in [-0.1, -0.05) is 49.6 Å². The lowest BCUT2D eigenvalue weighted by atomic mass is 9.95. The van der Waals surface area contributed by atoms with Gasteiger partial charge in [0.1, 0.15) is 5.82 Å². The van der Waals surface area contributed by atoms with Crippen molar-refractivity contribution in [1.29, 1.82) is 0 Å². The predicted molar refractivity (Wildman–Crippen MR) is 133 cm³/mol. The number of aromatic nitrogens is 4. The summed E-state index contributed by atoms with van der Waals surface area (Å²) in [6, 6.07) is 21.8. The Morgan fingerprint density at radius 2 is 1.71 bits per heavy atom. The normalized spacial score (nSPS) is 14.6. The van der Waals surface area contributed by atoms with Crippen LogP contribution >= 0.6 is 0 Å². The van der Waals surface area contributed by atoms with Crippen LogP contribution in [0.1, 0.15) is 48.5 Å². The van der Waals surface area contributed by atoms with Crippen molar-refractivity contribution in [3.05, 3.63) is 78.5 Å². The average Bonchev–Trinajstić information content (AvgIpc) is 3.28. The summed E-state index contributed by atoms with van der Waals surface area (Å²) in [5, 5.41) is 10.4. The topological polar surface area (TPSA) is 80.9 Å². The van der Waals surface area contributed by atoms with E-state index in [9.17, 15) is 9.90 Å². The molecule has 0 bridgehead atoms. The van der Waals surface area contributed by atoms with Crippen molar-refractivity contribution in [2.24, 2.45) is 0 Å². The van der Waals surface area contributed by atoms with E-state index >= 15 is 0 Å². The number of imidazole rings is 1. The first-order valence-corrected chi connectivity index (χ1v) is 11.8. The van der Waals surface area contributed by atoms with Gasteiger partial charge in [-0.2, -0.15) is 0 Å². The second-order valence-corrected chi connectivity index (χ2v) is 8.94. The highest BCUT2D eigenvalue weighted by molar-refractivity contribution is 5.93. The molecule has 6 heteroatoms. The fourth-order valence-electron chi connectivity index (χ4n) is 5.05. The molecule has 34 heavy (non-hydrogen) atoms. The Labute approximate surface area is 196 Å². The van der Waals surface area contributed by atoms with Crippen molar-refractivity contribution in [1.82, 2.24) is 19.5 Å². The van der Waals surface area contributed by atoms with Crippen LogP contribution < -0.4 is 0 Å².